The molecule has 1 rings (SSSR count). The molecular formula is C9H17N5O2. The second-order valence-electron chi connectivity index (χ2n) is 3.23. The standard InChI is InChI=1S/C9H17N5O2/c10-3-5-16-6-9(15)11-4-1-2-8-12-7-13-14-8/h7H,1-6,10H2,(H,11,15)(H,12,13,14). The van der Waals surface area contributed by atoms with Crippen molar-refractivity contribution in [3.8, 4) is 0 Å². The van der Waals surface area contributed by atoms with Crippen molar-refractivity contribution in [2.24, 2.45) is 5.73 Å². The van der Waals surface area contributed by atoms with Crippen LogP contribution < -0.4 is 11.1 Å². The number of aromatic amines is 1. The van der Waals surface area contributed by atoms with Crippen molar-refractivity contribution in [1.29, 1.82) is 0 Å². The number of carbonyl (C=O) groups excluding carboxylic acids is 1. The number of nitrogens with one attached hydrogen (secondary N) is 2. The van der Waals surface area contributed by atoms with Crippen molar-refractivity contribution < 1.29 is 9.53 Å². The molecule has 0 bridgehead atoms. The zero-order chi connectivity index (χ0) is 11.6. The molecule has 4 N–H and O–H groups in total. The number of aromatic nitrogens is 3. The Morgan fingerprint density at radius 1 is 1.62 bits per heavy atom. The van der Waals surface area contributed by atoms with E-state index in [0.29, 0.717) is 19.7 Å². The lowest BCUT2D eigenvalue weighted by atomic mass is 10.3. The fourth-order valence-electron chi connectivity index (χ4n) is 1.13. The van der Waals surface area contributed by atoms with Gasteiger partial charge in [-0.05, 0) is 6.42 Å². The van der Waals surface area contributed by atoms with Crippen molar-refractivity contribution in [3.05, 3.63) is 12.2 Å². The van der Waals surface area contributed by atoms with E-state index in [-0.39, 0.29) is 12.5 Å². The summed E-state index contributed by atoms with van der Waals surface area (Å²) in [7, 11) is 0. The number of aryl methyl sites for hydroxylation is 1. The fraction of sp³-hybridized carbons (Fsp3) is 0.667. The lowest BCUT2D eigenvalue weighted by Gasteiger charge is -2.04. The van der Waals surface area contributed by atoms with E-state index in [2.05, 4.69) is 20.5 Å². The Balaban J connectivity index is 1.96. The first-order valence-corrected chi connectivity index (χ1v) is 5.21. The van der Waals surface area contributed by atoms with Crippen LogP contribution in [0.1, 0.15) is 12.2 Å². The molecule has 90 valence electrons. The van der Waals surface area contributed by atoms with Crippen LogP contribution in [0, 0.1) is 0 Å². The predicted octanol–water partition coefficient (Wildman–Crippen LogP) is -1.17. The van der Waals surface area contributed by atoms with Gasteiger partial charge in [-0.2, -0.15) is 5.10 Å². The van der Waals surface area contributed by atoms with Crippen LogP contribution in [0.25, 0.3) is 0 Å². The molecule has 0 aliphatic carbocycles. The van der Waals surface area contributed by atoms with Gasteiger partial charge in [0.05, 0.1) is 6.61 Å². The highest BCUT2D eigenvalue weighted by Gasteiger charge is 2.00. The average molecular weight is 227 g/mol. The Kier molecular flexibility index (Phi) is 6.12. The summed E-state index contributed by atoms with van der Waals surface area (Å²) in [5.41, 5.74) is 5.22. The molecule has 0 atom stereocenters. The van der Waals surface area contributed by atoms with E-state index < -0.39 is 0 Å². The second-order valence-corrected chi connectivity index (χ2v) is 3.23. The largest absolute Gasteiger partial charge is 0.370 e. The topological polar surface area (TPSA) is 106 Å². The Morgan fingerprint density at radius 3 is 3.19 bits per heavy atom. The van der Waals surface area contributed by atoms with Gasteiger partial charge in [-0.15, -0.1) is 0 Å². The van der Waals surface area contributed by atoms with Crippen LogP contribution in [0.4, 0.5) is 0 Å². The molecule has 7 heteroatoms. The molecular weight excluding hydrogens is 210 g/mol. The van der Waals surface area contributed by atoms with E-state index in [1.807, 2.05) is 0 Å². The molecule has 1 aromatic rings. The molecule has 0 spiro atoms. The maximum absolute atomic E-state index is 11.2. The number of nitrogens with two attached hydrogens (primary N) is 1. The summed E-state index contributed by atoms with van der Waals surface area (Å²) in [4.78, 5) is 15.1. The summed E-state index contributed by atoms with van der Waals surface area (Å²) in [6, 6.07) is 0. The van der Waals surface area contributed by atoms with Crippen molar-refractivity contribution in [2.75, 3.05) is 26.3 Å². The van der Waals surface area contributed by atoms with Crippen molar-refractivity contribution in [2.45, 2.75) is 12.8 Å². The van der Waals surface area contributed by atoms with Crippen LogP contribution in [0.2, 0.25) is 0 Å². The second kappa shape index (κ2) is 7.77. The molecule has 0 radical (unpaired) electrons. The molecule has 1 aromatic heterocycles. The molecule has 0 unspecified atom stereocenters. The summed E-state index contributed by atoms with van der Waals surface area (Å²) < 4.78 is 4.98. The number of H-pyrrole nitrogens is 1. The minimum absolute atomic E-state index is 0.0690. The van der Waals surface area contributed by atoms with Crippen LogP contribution in [0.5, 0.6) is 0 Å². The number of hydrogen-bond donors (Lipinski definition) is 3. The SMILES string of the molecule is NCCOCC(=O)NCCCc1ncn[nH]1. The maximum atomic E-state index is 11.2. The van der Waals surface area contributed by atoms with Crippen molar-refractivity contribution >= 4 is 5.91 Å². The number of amides is 1. The normalized spacial score (nSPS) is 10.3. The van der Waals surface area contributed by atoms with Gasteiger partial charge in [0.15, 0.2) is 0 Å². The van der Waals surface area contributed by atoms with Gasteiger partial charge < -0.3 is 15.8 Å². The maximum Gasteiger partial charge on any atom is 0.245 e. The lowest BCUT2D eigenvalue weighted by Crippen LogP contribution is -2.29. The van der Waals surface area contributed by atoms with Crippen LogP contribution in [0.3, 0.4) is 0 Å². The Bertz CT molecular complexity index is 288. The number of rotatable bonds is 8. The van der Waals surface area contributed by atoms with E-state index in [1.165, 1.54) is 6.33 Å². The molecule has 0 aliphatic heterocycles. The van der Waals surface area contributed by atoms with Gasteiger partial charge in [-0.25, -0.2) is 4.98 Å². The van der Waals surface area contributed by atoms with E-state index in [1.54, 1.807) is 0 Å². The smallest absolute Gasteiger partial charge is 0.245 e. The number of nitrogens with zero attached hydrogens (tertiary/aromatic N) is 2. The van der Waals surface area contributed by atoms with Crippen LogP contribution in [0.15, 0.2) is 6.33 Å². The van der Waals surface area contributed by atoms with Gasteiger partial charge in [0, 0.05) is 19.5 Å². The first-order valence-electron chi connectivity index (χ1n) is 5.21. The van der Waals surface area contributed by atoms with E-state index in [4.69, 9.17) is 10.5 Å². The van der Waals surface area contributed by atoms with Gasteiger partial charge in [-0.3, -0.25) is 9.89 Å². The third-order valence-electron chi connectivity index (χ3n) is 1.87. The van der Waals surface area contributed by atoms with E-state index in [9.17, 15) is 4.79 Å². The summed E-state index contributed by atoms with van der Waals surface area (Å²) >= 11 is 0. The number of ether oxygens (including phenoxy) is 1. The monoisotopic (exact) mass is 227 g/mol. The van der Waals surface area contributed by atoms with Crippen molar-refractivity contribution in [3.63, 3.8) is 0 Å². The molecule has 0 saturated carbocycles. The Morgan fingerprint density at radius 2 is 2.50 bits per heavy atom. The minimum atomic E-state index is -0.119. The first-order chi connectivity index (χ1) is 7.83. The average Bonchev–Trinajstić information content (AvgIpc) is 2.78. The Hall–Kier alpha value is -1.47. The molecule has 0 aliphatic rings. The zero-order valence-corrected chi connectivity index (χ0v) is 9.11. The highest BCUT2D eigenvalue weighted by atomic mass is 16.5. The molecule has 16 heavy (non-hydrogen) atoms. The van der Waals surface area contributed by atoms with Gasteiger partial charge in [-0.1, -0.05) is 0 Å². The summed E-state index contributed by atoms with van der Waals surface area (Å²) in [5, 5.41) is 9.22. The quantitative estimate of drug-likeness (QED) is 0.485. The first kappa shape index (κ1) is 12.6. The highest BCUT2D eigenvalue weighted by molar-refractivity contribution is 5.77. The zero-order valence-electron chi connectivity index (χ0n) is 9.11. The van der Waals surface area contributed by atoms with Gasteiger partial charge in [0.1, 0.15) is 18.8 Å². The summed E-state index contributed by atoms with van der Waals surface area (Å²) in [6.07, 6.45) is 3.05. The lowest BCUT2D eigenvalue weighted by molar-refractivity contribution is -0.125. The van der Waals surface area contributed by atoms with Gasteiger partial charge >= 0.3 is 0 Å². The third kappa shape index (κ3) is 5.42. The Labute approximate surface area is 93.8 Å². The van der Waals surface area contributed by atoms with E-state index >= 15 is 0 Å². The van der Waals surface area contributed by atoms with E-state index in [0.717, 1.165) is 18.7 Å². The minimum Gasteiger partial charge on any atom is -0.370 e. The fourth-order valence-corrected chi connectivity index (χ4v) is 1.13. The number of carbonyl (C=O) groups is 1. The highest BCUT2D eigenvalue weighted by Crippen LogP contribution is 1.91. The third-order valence-corrected chi connectivity index (χ3v) is 1.87. The van der Waals surface area contributed by atoms with Gasteiger partial charge in [0.2, 0.25) is 5.91 Å². The molecule has 0 saturated heterocycles. The molecule has 7 nitrogen and oxygen atoms in total. The van der Waals surface area contributed by atoms with Crippen molar-refractivity contribution in [1.82, 2.24) is 20.5 Å². The number of hydrogen-bond acceptors (Lipinski definition) is 5. The van der Waals surface area contributed by atoms with Crippen LogP contribution >= 0.6 is 0 Å². The summed E-state index contributed by atoms with van der Waals surface area (Å²) in [5.74, 6) is 0.708. The molecule has 0 aromatic carbocycles. The summed E-state index contributed by atoms with van der Waals surface area (Å²) in [6.45, 7) is 1.51. The van der Waals surface area contributed by atoms with Crippen LogP contribution in [-0.2, 0) is 16.0 Å². The van der Waals surface area contributed by atoms with Crippen LogP contribution in [-0.4, -0.2) is 47.4 Å². The molecule has 1 amide bonds. The van der Waals surface area contributed by atoms with Gasteiger partial charge in [0.25, 0.3) is 0 Å². The molecule has 0 fully saturated rings. The predicted molar refractivity (Wildman–Crippen MR) is 57.6 cm³/mol. The molecule has 1 heterocycles.